The molecule has 0 aliphatic heterocycles. The summed E-state index contributed by atoms with van der Waals surface area (Å²) in [6.07, 6.45) is 6.01. The Labute approximate surface area is 153 Å². The third-order valence-electron chi connectivity index (χ3n) is 4.87. The van der Waals surface area contributed by atoms with Gasteiger partial charge in [-0.25, -0.2) is 0 Å². The van der Waals surface area contributed by atoms with Crippen LogP contribution in [0.4, 0.5) is 5.69 Å². The number of fused-ring (bicyclic) bond motifs is 1. The molecule has 1 fully saturated rings. The number of pyridine rings is 1. The SMILES string of the molecule is O=C(Nc1ccc(C#Cc2ccccc2)c2cccnc12)C1CCCC1. The van der Waals surface area contributed by atoms with Crippen LogP contribution in [0.25, 0.3) is 10.9 Å². The number of hydrogen-bond donors (Lipinski definition) is 1. The van der Waals surface area contributed by atoms with Gasteiger partial charge in [0.2, 0.25) is 5.91 Å². The summed E-state index contributed by atoms with van der Waals surface area (Å²) in [5, 5.41) is 4.04. The first-order valence-corrected chi connectivity index (χ1v) is 9.07. The Morgan fingerprint density at radius 2 is 1.77 bits per heavy atom. The van der Waals surface area contributed by atoms with Gasteiger partial charge in [-0.1, -0.05) is 42.9 Å². The lowest BCUT2D eigenvalue weighted by Crippen LogP contribution is -2.20. The van der Waals surface area contributed by atoms with Crippen LogP contribution in [0, 0.1) is 17.8 Å². The largest absolute Gasteiger partial charge is 0.324 e. The van der Waals surface area contributed by atoms with Gasteiger partial charge >= 0.3 is 0 Å². The van der Waals surface area contributed by atoms with Crippen LogP contribution in [0.1, 0.15) is 36.8 Å². The van der Waals surface area contributed by atoms with Gasteiger partial charge in [0, 0.05) is 28.6 Å². The van der Waals surface area contributed by atoms with Crippen molar-refractivity contribution in [3.05, 3.63) is 71.9 Å². The van der Waals surface area contributed by atoms with E-state index in [0.29, 0.717) is 0 Å². The van der Waals surface area contributed by atoms with Gasteiger partial charge in [-0.3, -0.25) is 9.78 Å². The second-order valence-corrected chi connectivity index (χ2v) is 6.65. The van der Waals surface area contributed by atoms with Crippen molar-refractivity contribution in [2.24, 2.45) is 5.92 Å². The van der Waals surface area contributed by atoms with Gasteiger partial charge in [-0.15, -0.1) is 0 Å². The maximum Gasteiger partial charge on any atom is 0.227 e. The molecule has 1 saturated carbocycles. The van der Waals surface area contributed by atoms with Gasteiger partial charge in [-0.2, -0.15) is 0 Å². The predicted molar refractivity (Wildman–Crippen MR) is 105 cm³/mol. The molecule has 3 heteroatoms. The van der Waals surface area contributed by atoms with Crippen molar-refractivity contribution in [2.45, 2.75) is 25.7 Å². The summed E-state index contributed by atoms with van der Waals surface area (Å²) in [4.78, 5) is 17.0. The van der Waals surface area contributed by atoms with Crippen LogP contribution in [0.2, 0.25) is 0 Å². The van der Waals surface area contributed by atoms with Crippen molar-refractivity contribution in [3.63, 3.8) is 0 Å². The molecule has 1 aliphatic carbocycles. The van der Waals surface area contributed by atoms with Gasteiger partial charge < -0.3 is 5.32 Å². The van der Waals surface area contributed by atoms with Gasteiger partial charge in [-0.05, 0) is 49.2 Å². The van der Waals surface area contributed by atoms with E-state index in [1.807, 2.05) is 54.6 Å². The van der Waals surface area contributed by atoms with Crippen molar-refractivity contribution in [1.82, 2.24) is 4.98 Å². The smallest absolute Gasteiger partial charge is 0.227 e. The topological polar surface area (TPSA) is 42.0 Å². The zero-order chi connectivity index (χ0) is 17.8. The number of carbonyl (C=O) groups excluding carboxylic acids is 1. The molecule has 1 aliphatic rings. The summed E-state index contributed by atoms with van der Waals surface area (Å²) in [5.74, 6) is 6.67. The summed E-state index contributed by atoms with van der Waals surface area (Å²) in [6, 6.07) is 17.7. The summed E-state index contributed by atoms with van der Waals surface area (Å²) < 4.78 is 0. The number of benzene rings is 2. The summed E-state index contributed by atoms with van der Waals surface area (Å²) >= 11 is 0. The number of anilines is 1. The van der Waals surface area contributed by atoms with Crippen molar-refractivity contribution >= 4 is 22.5 Å². The highest BCUT2D eigenvalue weighted by molar-refractivity contribution is 6.02. The van der Waals surface area contributed by atoms with Crippen molar-refractivity contribution in [3.8, 4) is 11.8 Å². The lowest BCUT2D eigenvalue weighted by molar-refractivity contribution is -0.119. The van der Waals surface area contributed by atoms with Crippen LogP contribution < -0.4 is 5.32 Å². The second-order valence-electron chi connectivity index (χ2n) is 6.65. The number of nitrogens with one attached hydrogen (secondary N) is 1. The number of amides is 1. The molecule has 4 rings (SSSR count). The van der Waals surface area contributed by atoms with Gasteiger partial charge in [0.1, 0.15) is 0 Å². The number of rotatable bonds is 2. The van der Waals surface area contributed by atoms with Gasteiger partial charge in [0.15, 0.2) is 0 Å². The minimum Gasteiger partial charge on any atom is -0.324 e. The molecule has 3 aromatic rings. The van der Waals surface area contributed by atoms with Crippen LogP contribution in [-0.2, 0) is 4.79 Å². The van der Waals surface area contributed by atoms with Crippen molar-refractivity contribution in [1.29, 1.82) is 0 Å². The summed E-state index contributed by atoms with van der Waals surface area (Å²) in [7, 11) is 0. The van der Waals surface area contributed by atoms with Gasteiger partial charge in [0.25, 0.3) is 0 Å². The van der Waals surface area contributed by atoms with Crippen LogP contribution >= 0.6 is 0 Å². The van der Waals surface area contributed by atoms with E-state index in [9.17, 15) is 4.79 Å². The minimum atomic E-state index is 0.109. The molecule has 0 bridgehead atoms. The van der Waals surface area contributed by atoms with Crippen LogP contribution in [0.3, 0.4) is 0 Å². The first-order chi connectivity index (χ1) is 12.8. The normalized spacial score (nSPS) is 14.0. The highest BCUT2D eigenvalue weighted by Gasteiger charge is 2.23. The van der Waals surface area contributed by atoms with Crippen molar-refractivity contribution in [2.75, 3.05) is 5.32 Å². The quantitative estimate of drug-likeness (QED) is 0.683. The zero-order valence-corrected chi connectivity index (χ0v) is 14.5. The third-order valence-corrected chi connectivity index (χ3v) is 4.87. The standard InChI is InChI=1S/C23H20N2O/c26-23(19-9-4-5-10-19)25-21-15-14-18(20-11-6-16-24-22(20)21)13-12-17-7-2-1-3-8-17/h1-3,6-8,11,14-16,19H,4-5,9-10H2,(H,25,26). The maximum atomic E-state index is 12.5. The monoisotopic (exact) mass is 340 g/mol. The van der Waals surface area contributed by atoms with E-state index < -0.39 is 0 Å². The molecule has 2 aromatic carbocycles. The molecule has 1 heterocycles. The summed E-state index contributed by atoms with van der Waals surface area (Å²) in [6.45, 7) is 0. The fourth-order valence-electron chi connectivity index (χ4n) is 3.47. The van der Waals surface area contributed by atoms with E-state index in [4.69, 9.17) is 0 Å². The molecule has 0 unspecified atom stereocenters. The fraction of sp³-hybridized carbons (Fsp3) is 0.217. The average molecular weight is 340 g/mol. The van der Waals surface area contributed by atoms with E-state index in [2.05, 4.69) is 22.1 Å². The highest BCUT2D eigenvalue weighted by atomic mass is 16.1. The molecular weight excluding hydrogens is 320 g/mol. The fourth-order valence-corrected chi connectivity index (χ4v) is 3.47. The summed E-state index contributed by atoms with van der Waals surface area (Å²) in [5.41, 5.74) is 3.44. The minimum absolute atomic E-state index is 0.109. The van der Waals surface area contributed by atoms with E-state index in [1.165, 1.54) is 0 Å². The lowest BCUT2D eigenvalue weighted by atomic mass is 10.0. The molecule has 0 saturated heterocycles. The Kier molecular flexibility index (Phi) is 4.66. The Balaban J connectivity index is 1.67. The Bertz CT molecular complexity index is 993. The maximum absolute atomic E-state index is 12.5. The average Bonchev–Trinajstić information content (AvgIpc) is 3.23. The van der Waals surface area contributed by atoms with Crippen LogP contribution in [-0.4, -0.2) is 10.9 Å². The molecule has 1 amide bonds. The van der Waals surface area contributed by atoms with E-state index >= 15 is 0 Å². The molecule has 0 spiro atoms. The number of carbonyl (C=O) groups is 1. The van der Waals surface area contributed by atoms with E-state index in [1.54, 1.807) is 6.20 Å². The third kappa shape index (κ3) is 3.45. The van der Waals surface area contributed by atoms with Crippen molar-refractivity contribution < 1.29 is 4.79 Å². The zero-order valence-electron chi connectivity index (χ0n) is 14.5. The molecule has 0 radical (unpaired) electrons. The number of nitrogens with zero attached hydrogens (tertiary/aromatic N) is 1. The molecule has 26 heavy (non-hydrogen) atoms. The molecule has 1 N–H and O–H groups in total. The van der Waals surface area contributed by atoms with Gasteiger partial charge in [0.05, 0.1) is 11.2 Å². The Hall–Kier alpha value is -3.12. The Morgan fingerprint density at radius 3 is 2.58 bits per heavy atom. The molecule has 3 nitrogen and oxygen atoms in total. The van der Waals surface area contributed by atoms with Crippen LogP contribution in [0.5, 0.6) is 0 Å². The van der Waals surface area contributed by atoms with E-state index in [0.717, 1.165) is 53.4 Å². The number of aromatic nitrogens is 1. The number of hydrogen-bond acceptors (Lipinski definition) is 2. The molecular formula is C23H20N2O. The predicted octanol–water partition coefficient (Wildman–Crippen LogP) is 4.76. The molecule has 0 atom stereocenters. The van der Waals surface area contributed by atoms with Crippen LogP contribution in [0.15, 0.2) is 60.8 Å². The molecule has 128 valence electrons. The highest BCUT2D eigenvalue weighted by Crippen LogP contribution is 2.29. The lowest BCUT2D eigenvalue weighted by Gasteiger charge is -2.12. The second kappa shape index (κ2) is 7.41. The first kappa shape index (κ1) is 16.4. The Morgan fingerprint density at radius 1 is 0.962 bits per heavy atom. The first-order valence-electron chi connectivity index (χ1n) is 9.07. The molecule has 1 aromatic heterocycles. The van der Waals surface area contributed by atoms with E-state index in [-0.39, 0.29) is 11.8 Å².